The summed E-state index contributed by atoms with van der Waals surface area (Å²) in [6.45, 7) is 4.05. The lowest BCUT2D eigenvalue weighted by atomic mass is 10.1. The van der Waals surface area contributed by atoms with E-state index in [2.05, 4.69) is 14.2 Å². The van der Waals surface area contributed by atoms with Crippen molar-refractivity contribution in [3.05, 3.63) is 96.1 Å². The Hall–Kier alpha value is -2.60. The van der Waals surface area contributed by atoms with E-state index in [4.69, 9.17) is 0 Å². The van der Waals surface area contributed by atoms with Gasteiger partial charge in [0.1, 0.15) is 5.78 Å². The van der Waals surface area contributed by atoms with E-state index in [-0.39, 0.29) is 11.5 Å². The van der Waals surface area contributed by atoms with Crippen molar-refractivity contribution >= 4 is 28.7 Å². The Morgan fingerprint density at radius 1 is 0.706 bits per heavy atom. The number of para-hydroxylation sites is 2. The molecule has 1 atom stereocenters. The van der Waals surface area contributed by atoms with Crippen LogP contribution < -0.4 is 9.34 Å². The Kier molecular flexibility index (Phi) is 6.28. The van der Waals surface area contributed by atoms with Crippen LogP contribution in [0.3, 0.4) is 0 Å². The molecule has 0 aliphatic carbocycles. The molecule has 5 rings (SSSR count). The molecule has 3 aromatic carbocycles. The number of rotatable bonds is 5. The first-order valence-electron chi connectivity index (χ1n) is 11.7. The van der Waals surface area contributed by atoms with Crippen LogP contribution in [0, 0.1) is 6.92 Å². The van der Waals surface area contributed by atoms with Crippen LogP contribution in [0.15, 0.2) is 84.9 Å². The summed E-state index contributed by atoms with van der Waals surface area (Å²) < 4.78 is 44.3. The molecule has 2 heterocycles. The van der Waals surface area contributed by atoms with Crippen LogP contribution in [0.1, 0.15) is 16.9 Å². The minimum Gasteiger partial charge on any atom is -0.304 e. The largest absolute Gasteiger partial charge is 0.304 e. The van der Waals surface area contributed by atoms with Crippen LogP contribution in [0.5, 0.6) is 0 Å². The van der Waals surface area contributed by atoms with Crippen molar-refractivity contribution in [1.29, 1.82) is 0 Å². The molecule has 0 saturated carbocycles. The SMILES string of the molecule is Cc1ccccc1C(N1CCS(=O)(=O)CC1)P1(=O)N(c2ccccc2)CCN1c1ccccc1. The first kappa shape index (κ1) is 23.2. The first-order chi connectivity index (χ1) is 16.4. The van der Waals surface area contributed by atoms with E-state index in [0.29, 0.717) is 26.2 Å². The predicted octanol–water partition coefficient (Wildman–Crippen LogP) is 4.94. The van der Waals surface area contributed by atoms with Crippen molar-refractivity contribution in [2.75, 3.05) is 47.0 Å². The van der Waals surface area contributed by atoms with Gasteiger partial charge < -0.3 is 9.34 Å². The van der Waals surface area contributed by atoms with Crippen LogP contribution in [0.25, 0.3) is 0 Å². The summed E-state index contributed by atoms with van der Waals surface area (Å²) in [6, 6.07) is 27.9. The number of hydrogen-bond donors (Lipinski definition) is 0. The lowest BCUT2D eigenvalue weighted by Gasteiger charge is -2.44. The zero-order chi connectivity index (χ0) is 23.8. The van der Waals surface area contributed by atoms with Gasteiger partial charge in [-0.2, -0.15) is 0 Å². The highest BCUT2D eigenvalue weighted by Crippen LogP contribution is 2.70. The molecule has 0 aromatic heterocycles. The zero-order valence-corrected chi connectivity index (χ0v) is 21.0. The third-order valence-electron chi connectivity index (χ3n) is 6.83. The molecular weight excluding hydrogens is 465 g/mol. The van der Waals surface area contributed by atoms with E-state index >= 15 is 4.57 Å². The van der Waals surface area contributed by atoms with Crippen LogP contribution in [-0.4, -0.2) is 51.0 Å². The molecule has 1 unspecified atom stereocenters. The normalized spacial score (nSPS) is 20.9. The Balaban J connectivity index is 1.70. The summed E-state index contributed by atoms with van der Waals surface area (Å²) in [7, 11) is -6.38. The maximum Gasteiger partial charge on any atom is 0.284 e. The van der Waals surface area contributed by atoms with Gasteiger partial charge in [0, 0.05) is 37.6 Å². The molecule has 6 nitrogen and oxygen atoms in total. The monoisotopic (exact) mass is 495 g/mol. The maximum atomic E-state index is 15.7. The molecule has 3 aromatic rings. The highest BCUT2D eigenvalue weighted by Gasteiger charge is 2.53. The minimum atomic E-state index is -3.31. The molecule has 34 heavy (non-hydrogen) atoms. The van der Waals surface area contributed by atoms with Crippen LogP contribution in [0.2, 0.25) is 0 Å². The molecule has 0 bridgehead atoms. The van der Waals surface area contributed by atoms with Crippen molar-refractivity contribution in [2.45, 2.75) is 12.7 Å². The molecule has 0 amide bonds. The number of sulfone groups is 1. The number of benzene rings is 3. The molecular formula is C26H30N3O3PS. The molecule has 0 radical (unpaired) electrons. The van der Waals surface area contributed by atoms with Gasteiger partial charge in [-0.25, -0.2) is 8.42 Å². The number of hydrogen-bond acceptors (Lipinski definition) is 4. The molecule has 0 N–H and O–H groups in total. The number of nitrogens with zero attached hydrogens (tertiary/aromatic N) is 3. The standard InChI is InChI=1S/C26H30N3O3PS/c1-22-10-8-9-15-25(22)26(27-18-20-34(31,32)21-19-27)33(30)28(23-11-4-2-5-12-23)16-17-29(33)24-13-6-3-7-14-24/h2-15,26H,16-21H2,1H3. The van der Waals surface area contributed by atoms with Gasteiger partial charge >= 0.3 is 0 Å². The highest BCUT2D eigenvalue weighted by molar-refractivity contribution is 7.91. The second-order valence-electron chi connectivity index (χ2n) is 8.92. The molecule has 0 spiro atoms. The molecule has 178 valence electrons. The average molecular weight is 496 g/mol. The van der Waals surface area contributed by atoms with Crippen LogP contribution in [-0.2, 0) is 14.4 Å². The van der Waals surface area contributed by atoms with E-state index in [1.807, 2.05) is 91.9 Å². The van der Waals surface area contributed by atoms with Gasteiger partial charge in [-0.3, -0.25) is 9.46 Å². The first-order valence-corrected chi connectivity index (χ1v) is 15.2. The Labute approximate surface area is 202 Å². The van der Waals surface area contributed by atoms with E-state index in [0.717, 1.165) is 22.5 Å². The summed E-state index contributed by atoms with van der Waals surface area (Å²) in [5, 5.41) is 0. The number of aryl methyl sites for hydroxylation is 1. The minimum absolute atomic E-state index is 0.0893. The average Bonchev–Trinajstić information content (AvgIpc) is 3.20. The summed E-state index contributed by atoms with van der Waals surface area (Å²) in [5.74, 6) is -0.273. The van der Waals surface area contributed by atoms with Crippen molar-refractivity contribution in [1.82, 2.24) is 4.90 Å². The van der Waals surface area contributed by atoms with Crippen molar-refractivity contribution in [3.8, 4) is 0 Å². The summed E-state index contributed by atoms with van der Waals surface area (Å²) in [5.41, 5.74) is 3.90. The molecule has 2 aliphatic heterocycles. The zero-order valence-electron chi connectivity index (χ0n) is 19.3. The second-order valence-corrected chi connectivity index (χ2v) is 13.9. The maximum absolute atomic E-state index is 15.7. The third-order valence-corrected chi connectivity index (χ3v) is 11.9. The van der Waals surface area contributed by atoms with Crippen molar-refractivity contribution in [2.24, 2.45) is 0 Å². The highest BCUT2D eigenvalue weighted by atomic mass is 32.2. The fourth-order valence-electron chi connectivity index (χ4n) is 5.10. The van der Waals surface area contributed by atoms with Crippen LogP contribution >= 0.6 is 7.44 Å². The molecule has 8 heteroatoms. The Morgan fingerprint density at radius 2 is 1.18 bits per heavy atom. The lowest BCUT2D eigenvalue weighted by molar-refractivity contribution is 0.267. The summed E-state index contributed by atoms with van der Waals surface area (Å²) in [6.07, 6.45) is 0. The van der Waals surface area contributed by atoms with Crippen LogP contribution in [0.4, 0.5) is 11.4 Å². The second kappa shape index (κ2) is 9.21. The van der Waals surface area contributed by atoms with Gasteiger partial charge in [-0.1, -0.05) is 60.7 Å². The topological polar surface area (TPSA) is 60.9 Å². The fraction of sp³-hybridized carbons (Fsp3) is 0.308. The molecule has 2 aliphatic rings. The lowest BCUT2D eigenvalue weighted by Crippen LogP contribution is -2.44. The van der Waals surface area contributed by atoms with Gasteiger partial charge in [-0.05, 0) is 42.3 Å². The Bertz CT molecular complexity index is 1240. The third kappa shape index (κ3) is 4.17. The smallest absolute Gasteiger partial charge is 0.284 e. The van der Waals surface area contributed by atoms with Gasteiger partial charge in [0.05, 0.1) is 11.5 Å². The summed E-state index contributed by atoms with van der Waals surface area (Å²) >= 11 is 0. The van der Waals surface area contributed by atoms with E-state index in [1.54, 1.807) is 0 Å². The van der Waals surface area contributed by atoms with Gasteiger partial charge in [0.2, 0.25) is 0 Å². The molecule has 2 fully saturated rings. The van der Waals surface area contributed by atoms with E-state index in [1.165, 1.54) is 0 Å². The van der Waals surface area contributed by atoms with Crippen molar-refractivity contribution in [3.63, 3.8) is 0 Å². The van der Waals surface area contributed by atoms with Gasteiger partial charge in [-0.15, -0.1) is 0 Å². The summed E-state index contributed by atoms with van der Waals surface area (Å²) in [4.78, 5) is 2.14. The molecule has 2 saturated heterocycles. The fourth-order valence-corrected chi connectivity index (χ4v) is 10.1. The van der Waals surface area contributed by atoms with Gasteiger partial charge in [0.15, 0.2) is 9.84 Å². The Morgan fingerprint density at radius 3 is 1.68 bits per heavy atom. The number of anilines is 2. The predicted molar refractivity (Wildman–Crippen MR) is 139 cm³/mol. The quantitative estimate of drug-likeness (QED) is 0.467. The van der Waals surface area contributed by atoms with E-state index in [9.17, 15) is 8.42 Å². The van der Waals surface area contributed by atoms with Crippen molar-refractivity contribution < 1.29 is 13.0 Å². The van der Waals surface area contributed by atoms with Gasteiger partial charge in [0.25, 0.3) is 7.44 Å². The van der Waals surface area contributed by atoms with E-state index < -0.39 is 23.1 Å².